The van der Waals surface area contributed by atoms with Gasteiger partial charge in [0.15, 0.2) is 11.5 Å². The molecule has 1 fully saturated rings. The lowest BCUT2D eigenvalue weighted by Crippen LogP contribution is -2.38. The number of H-pyrrole nitrogens is 1. The van der Waals surface area contributed by atoms with Crippen molar-refractivity contribution >= 4 is 22.9 Å². The summed E-state index contributed by atoms with van der Waals surface area (Å²) in [6, 6.07) is 1.80. The average molecular weight is 327 g/mol. The average Bonchev–Trinajstić information content (AvgIpc) is 3.00. The van der Waals surface area contributed by atoms with Crippen molar-refractivity contribution in [1.29, 1.82) is 0 Å². The maximum atomic E-state index is 5.86. The molecule has 124 valence electrons. The fourth-order valence-corrected chi connectivity index (χ4v) is 2.73. The lowest BCUT2D eigenvalue weighted by Gasteiger charge is -2.31. The van der Waals surface area contributed by atoms with Crippen LogP contribution in [-0.2, 0) is 11.3 Å². The summed E-state index contributed by atoms with van der Waals surface area (Å²) in [6.07, 6.45) is 3.27. The predicted octanol–water partition coefficient (Wildman–Crippen LogP) is -0.119. The molecule has 1 aliphatic rings. The summed E-state index contributed by atoms with van der Waals surface area (Å²) in [7, 11) is 0. The van der Waals surface area contributed by atoms with Gasteiger partial charge in [-0.2, -0.15) is 9.97 Å². The van der Waals surface area contributed by atoms with E-state index in [9.17, 15) is 0 Å². The Bertz CT molecular complexity index is 850. The van der Waals surface area contributed by atoms with Crippen LogP contribution in [0.4, 0.5) is 11.8 Å². The van der Waals surface area contributed by atoms with E-state index in [1.165, 1.54) is 0 Å². The molecule has 10 nitrogen and oxygen atoms in total. The highest BCUT2D eigenvalue weighted by Gasteiger charge is 2.26. The third-order valence-corrected chi connectivity index (χ3v) is 3.85. The molecule has 5 N–H and O–H groups in total. The number of nitrogen functional groups attached to an aromatic ring is 2. The number of ether oxygens (including phenoxy) is 1. The molecular weight excluding hydrogens is 310 g/mol. The van der Waals surface area contributed by atoms with Crippen LogP contribution in [0.1, 0.15) is 17.8 Å². The Kier molecular flexibility index (Phi) is 3.67. The van der Waals surface area contributed by atoms with Crippen molar-refractivity contribution in [3.63, 3.8) is 0 Å². The Morgan fingerprint density at radius 1 is 1.21 bits per heavy atom. The summed E-state index contributed by atoms with van der Waals surface area (Å²) in [5.41, 5.74) is 12.5. The number of morpholine rings is 1. The van der Waals surface area contributed by atoms with Gasteiger partial charge in [0.05, 0.1) is 13.2 Å². The number of imidazole rings is 1. The highest BCUT2D eigenvalue weighted by atomic mass is 16.5. The highest BCUT2D eigenvalue weighted by Crippen LogP contribution is 2.24. The van der Waals surface area contributed by atoms with Gasteiger partial charge in [0.2, 0.25) is 5.95 Å². The van der Waals surface area contributed by atoms with Gasteiger partial charge in [-0.15, -0.1) is 0 Å². The third kappa shape index (κ3) is 2.84. The van der Waals surface area contributed by atoms with Crippen LogP contribution >= 0.6 is 0 Å². The molecule has 0 spiro atoms. The van der Waals surface area contributed by atoms with Gasteiger partial charge in [-0.25, -0.2) is 15.0 Å². The second-order valence-corrected chi connectivity index (χ2v) is 5.55. The van der Waals surface area contributed by atoms with Gasteiger partial charge in [-0.3, -0.25) is 4.90 Å². The van der Waals surface area contributed by atoms with Crippen molar-refractivity contribution in [2.45, 2.75) is 12.6 Å². The van der Waals surface area contributed by atoms with Crippen LogP contribution in [0.2, 0.25) is 0 Å². The SMILES string of the molecule is Nc1nc(N)c2[nH]c(C3CN(Cc4ncccn4)CCO3)nc2n1. The maximum absolute atomic E-state index is 5.86. The molecule has 4 heterocycles. The Morgan fingerprint density at radius 3 is 2.88 bits per heavy atom. The first kappa shape index (κ1) is 14.7. The maximum Gasteiger partial charge on any atom is 0.224 e. The minimum atomic E-state index is -0.211. The summed E-state index contributed by atoms with van der Waals surface area (Å²) < 4.78 is 5.84. The van der Waals surface area contributed by atoms with Gasteiger partial charge in [0, 0.05) is 25.5 Å². The van der Waals surface area contributed by atoms with Gasteiger partial charge < -0.3 is 21.2 Å². The van der Waals surface area contributed by atoms with Crippen LogP contribution in [0.25, 0.3) is 11.2 Å². The van der Waals surface area contributed by atoms with Crippen molar-refractivity contribution in [1.82, 2.24) is 34.8 Å². The zero-order valence-electron chi connectivity index (χ0n) is 12.9. The summed E-state index contributed by atoms with van der Waals surface area (Å²) >= 11 is 0. The van der Waals surface area contributed by atoms with Gasteiger partial charge in [0.1, 0.15) is 23.3 Å². The van der Waals surface area contributed by atoms with Crippen LogP contribution in [0, 0.1) is 0 Å². The van der Waals surface area contributed by atoms with E-state index < -0.39 is 0 Å². The normalized spacial score (nSPS) is 18.9. The molecule has 0 bridgehead atoms. The number of hydrogen-bond donors (Lipinski definition) is 3. The smallest absolute Gasteiger partial charge is 0.224 e. The van der Waals surface area contributed by atoms with Crippen LogP contribution in [0.15, 0.2) is 18.5 Å². The molecule has 3 aromatic rings. The summed E-state index contributed by atoms with van der Waals surface area (Å²) in [6.45, 7) is 2.73. The molecule has 24 heavy (non-hydrogen) atoms. The van der Waals surface area contributed by atoms with E-state index >= 15 is 0 Å². The first-order valence-corrected chi connectivity index (χ1v) is 7.57. The fraction of sp³-hybridized carbons (Fsp3) is 0.357. The molecule has 10 heteroatoms. The monoisotopic (exact) mass is 327 g/mol. The van der Waals surface area contributed by atoms with Crippen LogP contribution < -0.4 is 11.5 Å². The Morgan fingerprint density at radius 2 is 2.04 bits per heavy atom. The lowest BCUT2D eigenvalue weighted by molar-refractivity contribution is -0.0374. The van der Waals surface area contributed by atoms with Crippen molar-refractivity contribution in [2.75, 3.05) is 31.2 Å². The van der Waals surface area contributed by atoms with Crippen LogP contribution in [0.5, 0.6) is 0 Å². The summed E-state index contributed by atoms with van der Waals surface area (Å²) in [4.78, 5) is 26.4. The molecule has 0 radical (unpaired) electrons. The van der Waals surface area contributed by atoms with Crippen molar-refractivity contribution in [3.05, 3.63) is 30.1 Å². The number of nitrogens with zero attached hydrogens (tertiary/aromatic N) is 6. The summed E-state index contributed by atoms with van der Waals surface area (Å²) in [5.74, 6) is 1.83. The Hall–Kier alpha value is -2.85. The fourth-order valence-electron chi connectivity index (χ4n) is 2.73. The van der Waals surface area contributed by atoms with E-state index in [1.54, 1.807) is 18.5 Å². The second kappa shape index (κ2) is 5.98. The van der Waals surface area contributed by atoms with E-state index in [4.69, 9.17) is 16.2 Å². The molecule has 0 aliphatic carbocycles. The quantitative estimate of drug-likeness (QED) is 0.599. The molecule has 0 aromatic carbocycles. The topological polar surface area (TPSA) is 145 Å². The first-order valence-electron chi connectivity index (χ1n) is 7.57. The number of aromatic amines is 1. The standard InChI is InChI=1S/C14H17N9O/c15-11-10-13(22-14(16)20-11)21-12(19-10)8-6-23(4-5-24-8)7-9-17-2-1-3-18-9/h1-3,8H,4-7H2,(H5,15,16,19,20,21,22). The van der Waals surface area contributed by atoms with Crippen molar-refractivity contribution in [2.24, 2.45) is 0 Å². The second-order valence-electron chi connectivity index (χ2n) is 5.55. The molecule has 1 unspecified atom stereocenters. The van der Waals surface area contributed by atoms with Crippen LogP contribution in [0.3, 0.4) is 0 Å². The van der Waals surface area contributed by atoms with E-state index in [-0.39, 0.29) is 17.9 Å². The largest absolute Gasteiger partial charge is 0.382 e. The molecule has 0 saturated carbocycles. The van der Waals surface area contributed by atoms with Gasteiger partial charge in [-0.1, -0.05) is 0 Å². The minimum absolute atomic E-state index is 0.102. The minimum Gasteiger partial charge on any atom is -0.382 e. The molecule has 1 aliphatic heterocycles. The highest BCUT2D eigenvalue weighted by molar-refractivity contribution is 5.82. The summed E-state index contributed by atoms with van der Waals surface area (Å²) in [5, 5.41) is 0. The number of aromatic nitrogens is 6. The van der Waals surface area contributed by atoms with E-state index in [1.807, 2.05) is 0 Å². The number of nitrogens with two attached hydrogens (primary N) is 2. The lowest BCUT2D eigenvalue weighted by atomic mass is 10.2. The van der Waals surface area contributed by atoms with Gasteiger partial charge in [-0.05, 0) is 6.07 Å². The Labute approximate surface area is 137 Å². The van der Waals surface area contributed by atoms with E-state index in [0.717, 1.165) is 12.4 Å². The molecule has 0 amide bonds. The number of anilines is 2. The molecule has 4 rings (SSSR count). The van der Waals surface area contributed by atoms with E-state index in [2.05, 4.69) is 34.8 Å². The number of hydrogen-bond acceptors (Lipinski definition) is 9. The number of nitrogens with one attached hydrogen (secondary N) is 1. The number of rotatable bonds is 3. The molecule has 3 aromatic heterocycles. The van der Waals surface area contributed by atoms with Gasteiger partial charge in [0.25, 0.3) is 0 Å². The zero-order valence-corrected chi connectivity index (χ0v) is 12.9. The van der Waals surface area contributed by atoms with Crippen molar-refractivity contribution in [3.8, 4) is 0 Å². The number of fused-ring (bicyclic) bond motifs is 1. The predicted molar refractivity (Wildman–Crippen MR) is 86.5 cm³/mol. The molecule has 1 atom stereocenters. The molecule has 1 saturated heterocycles. The third-order valence-electron chi connectivity index (χ3n) is 3.85. The Balaban J connectivity index is 1.54. The van der Waals surface area contributed by atoms with E-state index in [0.29, 0.717) is 36.7 Å². The van der Waals surface area contributed by atoms with Gasteiger partial charge >= 0.3 is 0 Å². The van der Waals surface area contributed by atoms with Crippen molar-refractivity contribution < 1.29 is 4.74 Å². The van der Waals surface area contributed by atoms with Crippen LogP contribution in [-0.4, -0.2) is 54.5 Å². The first-order chi connectivity index (χ1) is 11.7. The zero-order chi connectivity index (χ0) is 16.5. The molecular formula is C14H17N9O.